The van der Waals surface area contributed by atoms with Crippen molar-refractivity contribution in [2.75, 3.05) is 5.88 Å². The van der Waals surface area contributed by atoms with Gasteiger partial charge in [0.15, 0.2) is 0 Å². The average molecular weight is 169 g/mol. The van der Waals surface area contributed by atoms with E-state index in [1.54, 1.807) is 0 Å². The molecule has 0 unspecified atom stereocenters. The Balaban J connectivity index is 3.04. The van der Waals surface area contributed by atoms with Gasteiger partial charge >= 0.3 is 0 Å². The van der Waals surface area contributed by atoms with Gasteiger partial charge in [0.1, 0.15) is 0 Å². The summed E-state index contributed by atoms with van der Waals surface area (Å²) in [6.45, 7) is 0. The maximum absolute atomic E-state index is 8.40. The van der Waals surface area contributed by atoms with Crippen LogP contribution in [0.3, 0.4) is 0 Å². The second-order valence-electron chi connectivity index (χ2n) is 2.27. The molecule has 0 rings (SSSR count). The van der Waals surface area contributed by atoms with Gasteiger partial charge in [0.2, 0.25) is 0 Å². The molecule has 10 heavy (non-hydrogen) atoms. The van der Waals surface area contributed by atoms with Crippen molar-refractivity contribution in [3.05, 3.63) is 0 Å². The molecule has 0 atom stereocenters. The molecule has 0 aromatic carbocycles. The van der Waals surface area contributed by atoms with E-state index in [0.717, 1.165) is 12.8 Å². The van der Waals surface area contributed by atoms with Crippen molar-refractivity contribution in [1.29, 1.82) is 0 Å². The Morgan fingerprint density at radius 1 is 1.00 bits per heavy atom. The summed E-state index contributed by atoms with van der Waals surface area (Å²) in [6.07, 6.45) is 2.23. The van der Waals surface area contributed by atoms with Gasteiger partial charge in [-0.3, -0.25) is 0 Å². The zero-order valence-electron chi connectivity index (χ0n) is 5.76. The first-order valence-corrected chi connectivity index (χ1v) is 3.83. The van der Waals surface area contributed by atoms with E-state index in [1.165, 1.54) is 0 Å². The number of unbranched alkanes of at least 4 members (excludes halogenated alkanes) is 2. The van der Waals surface area contributed by atoms with Crippen molar-refractivity contribution in [3.8, 4) is 0 Å². The maximum Gasteiger partial charge on any atom is 0.275 e. The SMILES string of the molecule is OC(O)(O)CCCCCCl. The summed E-state index contributed by atoms with van der Waals surface area (Å²) in [4.78, 5) is 0. The summed E-state index contributed by atoms with van der Waals surface area (Å²) in [7, 11) is 0. The molecule has 3 nitrogen and oxygen atoms in total. The Hall–Kier alpha value is 0.170. The van der Waals surface area contributed by atoms with E-state index < -0.39 is 5.97 Å². The summed E-state index contributed by atoms with van der Waals surface area (Å²) in [6, 6.07) is 0. The van der Waals surface area contributed by atoms with Crippen LogP contribution in [0.4, 0.5) is 0 Å². The van der Waals surface area contributed by atoms with Crippen molar-refractivity contribution in [1.82, 2.24) is 0 Å². The van der Waals surface area contributed by atoms with Gasteiger partial charge in [0, 0.05) is 12.3 Å². The van der Waals surface area contributed by atoms with Crippen molar-refractivity contribution >= 4 is 11.6 Å². The van der Waals surface area contributed by atoms with Crippen LogP contribution in [0.15, 0.2) is 0 Å². The van der Waals surface area contributed by atoms with Gasteiger partial charge in [-0.15, -0.1) is 11.6 Å². The van der Waals surface area contributed by atoms with Gasteiger partial charge in [0.25, 0.3) is 5.97 Å². The molecule has 0 aliphatic heterocycles. The molecule has 0 aromatic heterocycles. The number of rotatable bonds is 5. The normalized spacial score (nSPS) is 12.0. The van der Waals surface area contributed by atoms with E-state index in [9.17, 15) is 0 Å². The molecule has 0 saturated carbocycles. The molecule has 0 bridgehead atoms. The van der Waals surface area contributed by atoms with E-state index in [-0.39, 0.29) is 6.42 Å². The highest BCUT2D eigenvalue weighted by molar-refractivity contribution is 6.17. The van der Waals surface area contributed by atoms with Gasteiger partial charge in [-0.05, 0) is 12.8 Å². The number of halogens is 1. The van der Waals surface area contributed by atoms with Gasteiger partial charge in [-0.25, -0.2) is 0 Å². The molecule has 0 aliphatic carbocycles. The van der Waals surface area contributed by atoms with Crippen LogP contribution in [0.2, 0.25) is 0 Å². The predicted octanol–water partition coefficient (Wildman–Crippen LogP) is 0.416. The molecule has 0 aromatic rings. The number of aliphatic hydroxyl groups is 3. The molecule has 0 spiro atoms. The highest BCUT2D eigenvalue weighted by atomic mass is 35.5. The highest BCUT2D eigenvalue weighted by Crippen LogP contribution is 2.08. The minimum Gasteiger partial charge on any atom is -0.344 e. The number of hydrogen-bond acceptors (Lipinski definition) is 3. The van der Waals surface area contributed by atoms with Crippen LogP contribution >= 0.6 is 11.6 Å². The summed E-state index contributed by atoms with van der Waals surface area (Å²) in [5, 5.41) is 25.2. The maximum atomic E-state index is 8.40. The van der Waals surface area contributed by atoms with E-state index >= 15 is 0 Å². The van der Waals surface area contributed by atoms with E-state index in [4.69, 9.17) is 26.9 Å². The fourth-order valence-corrected chi connectivity index (χ4v) is 0.822. The molecule has 4 heteroatoms. The van der Waals surface area contributed by atoms with Crippen molar-refractivity contribution in [2.24, 2.45) is 0 Å². The lowest BCUT2D eigenvalue weighted by atomic mass is 10.2. The van der Waals surface area contributed by atoms with Crippen LogP contribution in [-0.2, 0) is 0 Å². The van der Waals surface area contributed by atoms with Gasteiger partial charge in [-0.1, -0.05) is 6.42 Å². The zero-order chi connectivity index (χ0) is 8.04. The quantitative estimate of drug-likeness (QED) is 0.317. The Morgan fingerprint density at radius 2 is 1.60 bits per heavy atom. The minimum atomic E-state index is -2.49. The molecule has 0 radical (unpaired) electrons. The summed E-state index contributed by atoms with van der Waals surface area (Å²) >= 11 is 5.36. The smallest absolute Gasteiger partial charge is 0.275 e. The Kier molecular flexibility index (Phi) is 4.99. The van der Waals surface area contributed by atoms with Crippen molar-refractivity contribution in [3.63, 3.8) is 0 Å². The van der Waals surface area contributed by atoms with E-state index in [0.29, 0.717) is 12.3 Å². The molecule has 0 amide bonds. The molecular formula is C6H13ClO3. The van der Waals surface area contributed by atoms with Crippen LogP contribution in [0, 0.1) is 0 Å². The largest absolute Gasteiger partial charge is 0.344 e. The topological polar surface area (TPSA) is 60.7 Å². The summed E-state index contributed by atoms with van der Waals surface area (Å²) in [5.41, 5.74) is 0. The molecule has 3 N–H and O–H groups in total. The zero-order valence-corrected chi connectivity index (χ0v) is 6.51. The van der Waals surface area contributed by atoms with Crippen LogP contribution in [-0.4, -0.2) is 27.2 Å². The van der Waals surface area contributed by atoms with Crippen LogP contribution in [0.25, 0.3) is 0 Å². The lowest BCUT2D eigenvalue weighted by molar-refractivity contribution is -0.314. The monoisotopic (exact) mass is 168 g/mol. The Bertz CT molecular complexity index is 79.6. The molecular weight excluding hydrogens is 156 g/mol. The molecule has 0 aliphatic rings. The highest BCUT2D eigenvalue weighted by Gasteiger charge is 2.16. The van der Waals surface area contributed by atoms with Crippen LogP contribution < -0.4 is 0 Å². The standard InChI is InChI=1S/C6H13ClO3/c7-5-3-1-2-4-6(8,9)10/h8-10H,1-5H2. The fraction of sp³-hybridized carbons (Fsp3) is 1.00. The first-order valence-electron chi connectivity index (χ1n) is 3.29. The average Bonchev–Trinajstić information content (AvgIpc) is 1.78. The van der Waals surface area contributed by atoms with Crippen LogP contribution in [0.1, 0.15) is 25.7 Å². The van der Waals surface area contributed by atoms with Gasteiger partial charge < -0.3 is 15.3 Å². The van der Waals surface area contributed by atoms with E-state index in [1.807, 2.05) is 0 Å². The third-order valence-corrected chi connectivity index (χ3v) is 1.41. The van der Waals surface area contributed by atoms with E-state index in [2.05, 4.69) is 0 Å². The Morgan fingerprint density at radius 3 is 2.00 bits per heavy atom. The second kappa shape index (κ2) is 4.91. The van der Waals surface area contributed by atoms with Crippen molar-refractivity contribution < 1.29 is 15.3 Å². The number of alkyl halides is 1. The predicted molar refractivity (Wildman–Crippen MR) is 38.6 cm³/mol. The molecule has 0 saturated heterocycles. The number of hydrogen-bond donors (Lipinski definition) is 3. The van der Waals surface area contributed by atoms with Crippen LogP contribution in [0.5, 0.6) is 0 Å². The van der Waals surface area contributed by atoms with Gasteiger partial charge in [-0.2, -0.15) is 0 Å². The van der Waals surface area contributed by atoms with Crippen molar-refractivity contribution in [2.45, 2.75) is 31.7 Å². The lowest BCUT2D eigenvalue weighted by Gasteiger charge is -2.12. The summed E-state index contributed by atoms with van der Waals surface area (Å²) < 4.78 is 0. The third-order valence-electron chi connectivity index (χ3n) is 1.15. The summed E-state index contributed by atoms with van der Waals surface area (Å²) in [5.74, 6) is -1.92. The lowest BCUT2D eigenvalue weighted by Crippen LogP contribution is -2.26. The first kappa shape index (κ1) is 10.2. The second-order valence-corrected chi connectivity index (χ2v) is 2.65. The first-order chi connectivity index (χ1) is 4.56. The molecule has 0 heterocycles. The fourth-order valence-electron chi connectivity index (χ4n) is 0.633. The minimum absolute atomic E-state index is 0.0100. The molecule has 62 valence electrons. The third kappa shape index (κ3) is 8.17. The Labute approximate surface area is 65.2 Å². The van der Waals surface area contributed by atoms with Gasteiger partial charge in [0.05, 0.1) is 0 Å². The molecule has 0 fully saturated rings.